The number of carboxylic acids is 1. The van der Waals surface area contributed by atoms with Crippen LogP contribution in [0, 0.1) is 0 Å². The van der Waals surface area contributed by atoms with Crippen LogP contribution in [-0.4, -0.2) is 191 Å². The molecule has 2 aromatic rings. The summed E-state index contributed by atoms with van der Waals surface area (Å²) in [4.78, 5) is 77.2. The van der Waals surface area contributed by atoms with Crippen molar-refractivity contribution < 1.29 is 91.5 Å². The van der Waals surface area contributed by atoms with Gasteiger partial charge in [0.1, 0.15) is 17.7 Å². The number of ether oxygens (including phenoxy) is 7. The predicted octanol–water partition coefficient (Wildman–Crippen LogP) is 4.87. The van der Waals surface area contributed by atoms with Crippen molar-refractivity contribution >= 4 is 109 Å². The summed E-state index contributed by atoms with van der Waals surface area (Å²) in [6.45, 7) is 21.1. The first kappa shape index (κ1) is 63.9. The van der Waals surface area contributed by atoms with Crippen molar-refractivity contribution in [2.24, 2.45) is 0 Å². The van der Waals surface area contributed by atoms with Crippen LogP contribution in [0.15, 0.2) is 6.33 Å². The Morgan fingerprint density at radius 1 is 0.648 bits per heavy atom. The van der Waals surface area contributed by atoms with Crippen molar-refractivity contribution in [2.45, 2.75) is 130 Å². The first-order valence-electron chi connectivity index (χ1n) is 21.9. The monoisotopic (exact) mass is 1290 g/mol. The number of hydrogen-bond acceptors (Lipinski definition) is 24. The molecule has 5 heterocycles. The van der Waals surface area contributed by atoms with Gasteiger partial charge in [-0.25, -0.2) is 9.78 Å². The Morgan fingerprint density at radius 3 is 1.45 bits per heavy atom. The molecule has 26 nitrogen and oxygen atoms in total. The number of halogens is 1. The van der Waals surface area contributed by atoms with Crippen LogP contribution in [0.25, 0.3) is 11.2 Å². The molecule has 3 saturated heterocycles. The molecule has 31 heteroatoms. The topological polar surface area (TPSA) is 345 Å². The average Bonchev–Trinajstić information content (AvgIpc) is 3.96. The summed E-state index contributed by atoms with van der Waals surface area (Å²) in [6, 6.07) is 0. The van der Waals surface area contributed by atoms with E-state index in [9.17, 15) is 42.5 Å². The van der Waals surface area contributed by atoms with E-state index in [1.165, 1.54) is 6.92 Å². The van der Waals surface area contributed by atoms with E-state index in [-0.39, 0.29) is 23.3 Å². The number of rotatable bonds is 16. The number of hydrogen-bond donors (Lipinski definition) is 2. The number of esters is 1. The van der Waals surface area contributed by atoms with Crippen LogP contribution in [0.4, 0.5) is 5.95 Å². The van der Waals surface area contributed by atoms with Crippen LogP contribution < -0.4 is 5.73 Å². The average molecular weight is 1290 g/mol. The molecule has 0 saturated carbocycles. The summed E-state index contributed by atoms with van der Waals surface area (Å²) >= 11 is 0.610. The molecule has 71 heavy (non-hydrogen) atoms. The van der Waals surface area contributed by atoms with Gasteiger partial charge < -0.3 is 57.7 Å². The molecule has 3 fully saturated rings. The minimum atomic E-state index is -5.43. The number of carboxylic acid groups (broad SMARTS) is 1. The molecule has 1 unspecified atom stereocenters. The van der Waals surface area contributed by atoms with Crippen molar-refractivity contribution in [1.82, 2.24) is 19.5 Å². The normalized spacial score (nSPS) is 24.2. The molecule has 0 amide bonds. The number of anilines is 1. The van der Waals surface area contributed by atoms with Crippen LogP contribution in [0.5, 0.6) is 0 Å². The molecule has 0 aliphatic carbocycles. The fraction of sp³-hybridized carbons (Fsp3) is 0.725. The smallest absolute Gasteiger partial charge is 0.335 e. The number of aromatic nitrogens is 4. The molecule has 0 bridgehead atoms. The second-order valence-corrected chi connectivity index (χ2v) is 35.9. The number of nitrogens with two attached hydrogens (primary N) is 1. The molecule has 3 aliphatic rings. The molecule has 2 aromatic heterocycles. The molecular weight excluding hydrogens is 1220 g/mol. The summed E-state index contributed by atoms with van der Waals surface area (Å²) in [7, 11) is -6.25. The molecule has 0 spiro atoms. The first-order chi connectivity index (χ1) is 32.5. The van der Waals surface area contributed by atoms with Gasteiger partial charge in [-0.2, -0.15) is 9.97 Å². The van der Waals surface area contributed by atoms with Gasteiger partial charge in [-0.05, 0) is 60.8 Å². The van der Waals surface area contributed by atoms with Crippen LogP contribution in [0.2, 0.25) is 5.15 Å². The standard InChI is InChI=1S/C13H19ClN5O3P.C10H19O5P.C9H17O5P.4C2H4O2.Pb/c1-7-12(22-8(21-7)4-5-23(2,3)20)19-6-16-9-10(14)17-13(15)18-11(9)19;1-7-10(14-8(2)11)15-9(13-7)5-6-16(3,4)12;1-6-8(9(10)11)14-7(13-6)4-5-15(2,3)12;4*1-2(3)4;/h6-8,12H,4-5H2,1-3H3,(H2,15,17,18);7,9-10H,5-6H2,1-4H3;6-8H,4-5H2,1-3H3,(H,10,11);4*1H3,(H,3,4);/q;;;;;;;+4/p-4/t7-,8+,12+;7-,9+,10?;6-,7+,8+;;;;;/m111...../s1. The van der Waals surface area contributed by atoms with E-state index in [2.05, 4.69) is 25.7 Å². The minimum Gasteiger partial charge on any atom is -0.479 e. The van der Waals surface area contributed by atoms with Crippen LogP contribution in [-0.2, 0) is 86.4 Å². The summed E-state index contributed by atoms with van der Waals surface area (Å²) < 4.78 is 93.0. The van der Waals surface area contributed by atoms with E-state index in [0.29, 0.717) is 48.9 Å². The third-order valence-electron chi connectivity index (χ3n) is 9.17. The molecule has 9 atom stereocenters. The number of nitrogen functional groups attached to an aromatic ring is 1. The van der Waals surface area contributed by atoms with Crippen LogP contribution in [0.1, 0.15) is 80.9 Å². The summed E-state index contributed by atoms with van der Waals surface area (Å²) in [5.74, 6) is -4.85. The van der Waals surface area contributed by atoms with E-state index in [0.717, 1.165) is 27.7 Å². The van der Waals surface area contributed by atoms with Gasteiger partial charge in [0.05, 0.1) is 33.9 Å². The number of imidazole rings is 1. The Morgan fingerprint density at radius 2 is 1.06 bits per heavy atom. The molecule has 3 N–H and O–H groups in total. The molecule has 5 rings (SSSR count). The van der Waals surface area contributed by atoms with Gasteiger partial charge in [-0.1, -0.05) is 11.6 Å². The summed E-state index contributed by atoms with van der Waals surface area (Å²) in [5.41, 5.74) is 6.62. The molecule has 0 radical (unpaired) electrons. The van der Waals surface area contributed by atoms with Crippen molar-refractivity contribution in [3.8, 4) is 0 Å². The number of aliphatic carboxylic acids is 1. The fourth-order valence-electron chi connectivity index (χ4n) is 6.23. The largest absolute Gasteiger partial charge is 0.479 e. The third kappa shape index (κ3) is 24.2. The van der Waals surface area contributed by atoms with Gasteiger partial charge in [-0.3, -0.25) is 9.36 Å². The van der Waals surface area contributed by atoms with Crippen molar-refractivity contribution in [3.63, 3.8) is 0 Å². The van der Waals surface area contributed by atoms with Crippen molar-refractivity contribution in [3.05, 3.63) is 11.5 Å². The van der Waals surface area contributed by atoms with Crippen LogP contribution in [0.3, 0.4) is 0 Å². The molecule has 3 aliphatic heterocycles. The van der Waals surface area contributed by atoms with Crippen molar-refractivity contribution in [1.29, 1.82) is 0 Å². The molecule has 404 valence electrons. The second kappa shape index (κ2) is 27.9. The Labute approximate surface area is 424 Å². The SMILES string of the molecule is CC(=O)OC1O[C@@H](CCP(C)(C)=O)O[C@@H]1C.CC(=O)[O][Pb]([O]C(C)=O)([O]C(C)=O)[O]C(C)=O.C[C@H]1O[C@H](CCP(C)(C)=O)O[C@@H]1C(=O)O.C[C@H]1O[C@H](CCP(C)(C)=O)O[C@@H]1n1cnc2c(Cl)nc(N)nc21. The maximum atomic E-state index is 11.8. The van der Waals surface area contributed by atoms with Gasteiger partial charge in [-0.15, -0.1) is 0 Å². The van der Waals surface area contributed by atoms with E-state index >= 15 is 0 Å². The Hall–Kier alpha value is -3.17. The zero-order valence-corrected chi connectivity index (χ0v) is 49.5. The maximum Gasteiger partial charge on any atom is 0.335 e. The summed E-state index contributed by atoms with van der Waals surface area (Å²) in [5, 5.41) is 8.97. The molecule has 0 aromatic carbocycles. The van der Waals surface area contributed by atoms with Gasteiger partial charge in [0.25, 0.3) is 0 Å². The van der Waals surface area contributed by atoms with Gasteiger partial charge in [0.2, 0.25) is 12.2 Å². The van der Waals surface area contributed by atoms with Gasteiger partial charge >= 0.3 is 116 Å². The van der Waals surface area contributed by atoms with Crippen molar-refractivity contribution in [2.75, 3.05) is 64.2 Å². The third-order valence-corrected chi connectivity index (χ3v) is 21.8. The van der Waals surface area contributed by atoms with E-state index in [1.54, 1.807) is 64.7 Å². The quantitative estimate of drug-likeness (QED) is 0.0979. The minimum absolute atomic E-state index is 0.0743. The number of carbonyl (C=O) groups excluding carboxylic acids is 5. The van der Waals surface area contributed by atoms with E-state index < -0.39 is 124 Å². The number of nitrogens with zero attached hydrogens (tertiary/aromatic N) is 4. The number of carbonyl (C=O) groups is 6. The second-order valence-electron chi connectivity index (χ2n) is 17.7. The van der Waals surface area contributed by atoms with Gasteiger partial charge in [0, 0.05) is 44.7 Å². The number of fused-ring (bicyclic) bond motifs is 1. The van der Waals surface area contributed by atoms with E-state index in [1.807, 2.05) is 6.92 Å². The first-order valence-corrected chi connectivity index (χ1v) is 37.0. The Bertz CT molecular complexity index is 2260. The maximum absolute atomic E-state index is 11.8. The van der Waals surface area contributed by atoms with E-state index in [4.69, 9.17) is 55.6 Å². The van der Waals surface area contributed by atoms with Crippen LogP contribution >= 0.6 is 33.0 Å². The molecular formula is C40H67ClN5O21P3Pb. The summed E-state index contributed by atoms with van der Waals surface area (Å²) in [6.07, 6.45) is 0.626. The Balaban J connectivity index is 0.000000330. The zero-order chi connectivity index (χ0) is 54.4. The van der Waals surface area contributed by atoms with Gasteiger partial charge in [0.15, 0.2) is 42.0 Å². The Kier molecular flexibility index (Phi) is 25.2. The fourth-order valence-corrected chi connectivity index (χ4v) is 15.4. The zero-order valence-electron chi connectivity index (χ0n) is 42.2. The predicted molar refractivity (Wildman–Crippen MR) is 257 cm³/mol.